The number of hydrogen-bond donors (Lipinski definition) is 2. The fourth-order valence-corrected chi connectivity index (χ4v) is 4.16. The maximum atomic E-state index is 9.67. The standard InChI is InChI=1S/C20H15N5S/c1-11-15(9-21)19(16(10-22)12(2)23-11)13-5-6-17-14(8-13)20(25-24-17)18-4-3-7-26-18/h3-8,19,23H,1-2H3,(H,24,25). The van der Waals surface area contributed by atoms with Crippen LogP contribution in [0.5, 0.6) is 0 Å². The van der Waals surface area contributed by atoms with Gasteiger partial charge in [-0.25, -0.2) is 0 Å². The summed E-state index contributed by atoms with van der Waals surface area (Å²) in [5, 5.41) is 33.0. The molecule has 0 spiro atoms. The van der Waals surface area contributed by atoms with Gasteiger partial charge in [0.1, 0.15) is 5.69 Å². The lowest BCUT2D eigenvalue weighted by atomic mass is 9.81. The largest absolute Gasteiger partial charge is 0.361 e. The topological polar surface area (TPSA) is 88.3 Å². The van der Waals surface area contributed by atoms with Gasteiger partial charge in [0, 0.05) is 16.8 Å². The van der Waals surface area contributed by atoms with Gasteiger partial charge in [-0.1, -0.05) is 12.1 Å². The Hall–Kier alpha value is -3.35. The lowest BCUT2D eigenvalue weighted by Crippen LogP contribution is -2.23. The van der Waals surface area contributed by atoms with Gasteiger partial charge in [0.25, 0.3) is 0 Å². The molecular weight excluding hydrogens is 342 g/mol. The molecule has 2 N–H and O–H groups in total. The van der Waals surface area contributed by atoms with E-state index < -0.39 is 0 Å². The minimum Gasteiger partial charge on any atom is -0.361 e. The van der Waals surface area contributed by atoms with E-state index in [1.807, 2.05) is 49.6 Å². The third-order valence-electron chi connectivity index (χ3n) is 4.68. The van der Waals surface area contributed by atoms with Crippen molar-refractivity contribution in [2.24, 2.45) is 0 Å². The molecule has 0 atom stereocenters. The number of rotatable bonds is 2. The van der Waals surface area contributed by atoms with Crippen LogP contribution in [0.3, 0.4) is 0 Å². The highest BCUT2D eigenvalue weighted by molar-refractivity contribution is 7.13. The van der Waals surface area contributed by atoms with Gasteiger partial charge >= 0.3 is 0 Å². The smallest absolute Gasteiger partial charge is 0.110 e. The van der Waals surface area contributed by atoms with Gasteiger partial charge in [0.15, 0.2) is 0 Å². The second kappa shape index (κ2) is 6.18. The zero-order valence-electron chi connectivity index (χ0n) is 14.3. The molecule has 3 heterocycles. The van der Waals surface area contributed by atoms with Crippen molar-refractivity contribution in [1.29, 1.82) is 10.5 Å². The molecular formula is C20H15N5S. The van der Waals surface area contributed by atoms with Crippen LogP contribution in [0.25, 0.3) is 21.5 Å². The number of H-pyrrole nitrogens is 1. The summed E-state index contributed by atoms with van der Waals surface area (Å²) in [7, 11) is 0. The number of hydrogen-bond acceptors (Lipinski definition) is 5. The number of thiophene rings is 1. The van der Waals surface area contributed by atoms with Crippen molar-refractivity contribution in [2.75, 3.05) is 0 Å². The molecule has 0 amide bonds. The number of aromatic amines is 1. The summed E-state index contributed by atoms with van der Waals surface area (Å²) in [5.41, 5.74) is 5.48. The van der Waals surface area contributed by atoms with Crippen LogP contribution in [-0.2, 0) is 0 Å². The first-order valence-corrected chi connectivity index (χ1v) is 9.02. The Morgan fingerprint density at radius 2 is 1.81 bits per heavy atom. The molecule has 0 unspecified atom stereocenters. The van der Waals surface area contributed by atoms with Crippen molar-refractivity contribution >= 4 is 22.2 Å². The molecule has 5 nitrogen and oxygen atoms in total. The summed E-state index contributed by atoms with van der Waals surface area (Å²) < 4.78 is 0. The van der Waals surface area contributed by atoms with Crippen LogP contribution in [0.1, 0.15) is 25.3 Å². The molecule has 1 aromatic carbocycles. The zero-order valence-corrected chi connectivity index (χ0v) is 15.1. The number of dihydropyridines is 1. The Labute approximate surface area is 154 Å². The number of nitrogens with one attached hydrogen (secondary N) is 2. The predicted octanol–water partition coefficient (Wildman–Crippen LogP) is 4.57. The molecule has 0 radical (unpaired) electrons. The Kier molecular flexibility index (Phi) is 3.84. The highest BCUT2D eigenvalue weighted by Gasteiger charge is 2.29. The first-order valence-electron chi connectivity index (χ1n) is 8.14. The normalized spacial score (nSPS) is 15.1. The van der Waals surface area contributed by atoms with Gasteiger partial charge in [0.05, 0.1) is 39.6 Å². The van der Waals surface area contributed by atoms with Crippen LogP contribution < -0.4 is 5.32 Å². The monoisotopic (exact) mass is 357 g/mol. The van der Waals surface area contributed by atoms with Gasteiger partial charge in [0.2, 0.25) is 0 Å². The van der Waals surface area contributed by atoms with Gasteiger partial charge in [-0.15, -0.1) is 11.3 Å². The fourth-order valence-electron chi connectivity index (χ4n) is 3.44. The van der Waals surface area contributed by atoms with Gasteiger partial charge < -0.3 is 5.32 Å². The summed E-state index contributed by atoms with van der Waals surface area (Å²) in [6, 6.07) is 14.6. The van der Waals surface area contributed by atoms with Gasteiger partial charge in [-0.2, -0.15) is 15.6 Å². The number of nitrogens with zero attached hydrogens (tertiary/aromatic N) is 3. The number of nitriles is 2. The highest BCUT2D eigenvalue weighted by Crippen LogP contribution is 2.39. The average Bonchev–Trinajstić information content (AvgIpc) is 3.29. The quantitative estimate of drug-likeness (QED) is 0.703. The van der Waals surface area contributed by atoms with Crippen molar-refractivity contribution in [1.82, 2.24) is 15.5 Å². The lowest BCUT2D eigenvalue weighted by Gasteiger charge is -2.26. The average molecular weight is 357 g/mol. The van der Waals surface area contributed by atoms with E-state index in [1.54, 1.807) is 11.3 Å². The predicted molar refractivity (Wildman–Crippen MR) is 102 cm³/mol. The van der Waals surface area contributed by atoms with Crippen LogP contribution in [-0.4, -0.2) is 10.2 Å². The number of allylic oxidation sites excluding steroid dienone is 4. The van der Waals surface area contributed by atoms with Crippen LogP contribution >= 0.6 is 11.3 Å². The molecule has 4 rings (SSSR count). The lowest BCUT2D eigenvalue weighted by molar-refractivity contribution is 0.815. The van der Waals surface area contributed by atoms with Gasteiger partial charge in [-0.3, -0.25) is 5.10 Å². The van der Waals surface area contributed by atoms with E-state index in [0.717, 1.165) is 38.4 Å². The second-order valence-electron chi connectivity index (χ2n) is 6.21. The van der Waals surface area contributed by atoms with E-state index in [4.69, 9.17) is 0 Å². The number of aromatic nitrogens is 2. The van der Waals surface area contributed by atoms with Crippen LogP contribution in [0, 0.1) is 22.7 Å². The SMILES string of the molecule is CC1=C(C#N)C(c2ccc3[nH]nc(-c4cccs4)c3c2)C(C#N)=C(C)N1. The Balaban J connectivity index is 1.93. The minimum absolute atomic E-state index is 0.360. The van der Waals surface area contributed by atoms with Crippen LogP contribution in [0.2, 0.25) is 0 Å². The molecule has 0 saturated carbocycles. The molecule has 0 saturated heterocycles. The first kappa shape index (κ1) is 16.1. The second-order valence-corrected chi connectivity index (χ2v) is 7.16. The van der Waals surface area contributed by atoms with Crippen molar-refractivity contribution in [3.05, 3.63) is 63.8 Å². The van der Waals surface area contributed by atoms with Crippen LogP contribution in [0.4, 0.5) is 0 Å². The molecule has 2 aromatic heterocycles. The third kappa shape index (κ3) is 2.40. The first-order chi connectivity index (χ1) is 12.6. The minimum atomic E-state index is -0.360. The molecule has 126 valence electrons. The maximum absolute atomic E-state index is 9.67. The molecule has 3 aromatic rings. The highest BCUT2D eigenvalue weighted by atomic mass is 32.1. The zero-order chi connectivity index (χ0) is 18.3. The number of benzene rings is 1. The number of fused-ring (bicyclic) bond motifs is 1. The van der Waals surface area contributed by atoms with Crippen molar-refractivity contribution in [2.45, 2.75) is 19.8 Å². The summed E-state index contributed by atoms with van der Waals surface area (Å²) in [6.45, 7) is 3.74. The van der Waals surface area contributed by atoms with E-state index >= 15 is 0 Å². The maximum Gasteiger partial charge on any atom is 0.110 e. The Morgan fingerprint density at radius 3 is 2.42 bits per heavy atom. The Morgan fingerprint density at radius 1 is 1.08 bits per heavy atom. The fraction of sp³-hybridized carbons (Fsp3) is 0.150. The van der Waals surface area contributed by atoms with Crippen molar-refractivity contribution in [3.63, 3.8) is 0 Å². The summed E-state index contributed by atoms with van der Waals surface area (Å²) >= 11 is 1.63. The molecule has 0 aliphatic carbocycles. The molecule has 0 fully saturated rings. The van der Waals surface area contributed by atoms with Gasteiger partial charge in [-0.05, 0) is 43.0 Å². The molecule has 1 aliphatic heterocycles. The molecule has 1 aliphatic rings. The van der Waals surface area contributed by atoms with Crippen molar-refractivity contribution < 1.29 is 0 Å². The van der Waals surface area contributed by atoms with E-state index in [1.165, 1.54) is 0 Å². The van der Waals surface area contributed by atoms with Crippen LogP contribution in [0.15, 0.2) is 58.3 Å². The summed E-state index contributed by atoms with van der Waals surface area (Å²) in [6.07, 6.45) is 0. The van der Waals surface area contributed by atoms with E-state index in [9.17, 15) is 10.5 Å². The summed E-state index contributed by atoms with van der Waals surface area (Å²) in [4.78, 5) is 1.08. The van der Waals surface area contributed by atoms with E-state index in [2.05, 4.69) is 27.7 Å². The summed E-state index contributed by atoms with van der Waals surface area (Å²) in [5.74, 6) is -0.360. The van der Waals surface area contributed by atoms with Crippen molar-refractivity contribution in [3.8, 4) is 22.7 Å². The van der Waals surface area contributed by atoms with E-state index in [-0.39, 0.29) is 5.92 Å². The molecule has 0 bridgehead atoms. The molecule has 6 heteroatoms. The third-order valence-corrected chi connectivity index (χ3v) is 5.55. The Bertz CT molecular complexity index is 1110. The molecule has 26 heavy (non-hydrogen) atoms. The van der Waals surface area contributed by atoms with E-state index in [0.29, 0.717) is 11.1 Å².